The number of carbonyl (C=O) groups is 2. The molecule has 6 nitrogen and oxygen atoms in total. The zero-order valence-corrected chi connectivity index (χ0v) is 15.5. The van der Waals surface area contributed by atoms with Crippen molar-refractivity contribution < 1.29 is 19.4 Å². The fourth-order valence-electron chi connectivity index (χ4n) is 2.99. The average molecular weight is 348 g/mol. The molecule has 0 saturated carbocycles. The third-order valence-electron chi connectivity index (χ3n) is 4.35. The summed E-state index contributed by atoms with van der Waals surface area (Å²) >= 11 is 0. The molecule has 25 heavy (non-hydrogen) atoms. The van der Waals surface area contributed by atoms with E-state index in [4.69, 9.17) is 4.74 Å². The van der Waals surface area contributed by atoms with Crippen LogP contribution < -0.4 is 5.32 Å². The summed E-state index contributed by atoms with van der Waals surface area (Å²) in [7, 11) is 1.59. The van der Waals surface area contributed by atoms with Crippen LogP contribution in [0.2, 0.25) is 0 Å². The molecule has 6 heteroatoms. The number of hydrogen-bond acceptors (Lipinski definition) is 4. The van der Waals surface area contributed by atoms with Crippen LogP contribution in [-0.4, -0.2) is 53.3 Å². The van der Waals surface area contributed by atoms with Crippen molar-refractivity contribution in [3.05, 3.63) is 35.4 Å². The van der Waals surface area contributed by atoms with Crippen molar-refractivity contribution in [3.8, 4) is 0 Å². The second-order valence-corrected chi connectivity index (χ2v) is 7.60. The van der Waals surface area contributed by atoms with Gasteiger partial charge in [-0.25, -0.2) is 4.79 Å². The fraction of sp³-hybridized carbons (Fsp3) is 0.579. The van der Waals surface area contributed by atoms with Crippen LogP contribution in [-0.2, 0) is 11.2 Å². The van der Waals surface area contributed by atoms with Crippen molar-refractivity contribution in [1.29, 1.82) is 0 Å². The van der Waals surface area contributed by atoms with Gasteiger partial charge in [-0.1, -0.05) is 18.2 Å². The van der Waals surface area contributed by atoms with Gasteiger partial charge in [-0.15, -0.1) is 0 Å². The van der Waals surface area contributed by atoms with Crippen molar-refractivity contribution >= 4 is 12.0 Å². The molecule has 0 bridgehead atoms. The zero-order valence-electron chi connectivity index (χ0n) is 15.5. The Kier molecular flexibility index (Phi) is 5.72. The molecule has 0 radical (unpaired) electrons. The maximum atomic E-state index is 12.1. The van der Waals surface area contributed by atoms with E-state index in [1.54, 1.807) is 18.0 Å². The first kappa shape index (κ1) is 19.2. The number of likely N-dealkylation sites (tertiary alicyclic amines) is 1. The van der Waals surface area contributed by atoms with Crippen LogP contribution >= 0.6 is 0 Å². The van der Waals surface area contributed by atoms with Crippen LogP contribution in [0.3, 0.4) is 0 Å². The third-order valence-corrected chi connectivity index (χ3v) is 4.35. The molecule has 0 aliphatic carbocycles. The minimum absolute atomic E-state index is 0.162. The summed E-state index contributed by atoms with van der Waals surface area (Å²) in [5.41, 5.74) is -0.0667. The van der Waals surface area contributed by atoms with Crippen LogP contribution in [0.4, 0.5) is 4.79 Å². The number of nitrogens with zero attached hydrogens (tertiary/aromatic N) is 1. The first-order chi connectivity index (χ1) is 11.6. The molecule has 1 saturated heterocycles. The van der Waals surface area contributed by atoms with Crippen LogP contribution in [0.1, 0.15) is 49.5 Å². The Morgan fingerprint density at radius 3 is 2.40 bits per heavy atom. The van der Waals surface area contributed by atoms with Gasteiger partial charge in [-0.05, 0) is 45.2 Å². The lowest BCUT2D eigenvalue weighted by atomic mass is 9.84. The van der Waals surface area contributed by atoms with Gasteiger partial charge in [0.15, 0.2) is 0 Å². The second-order valence-electron chi connectivity index (χ2n) is 7.60. The summed E-state index contributed by atoms with van der Waals surface area (Å²) in [5, 5.41) is 13.6. The van der Waals surface area contributed by atoms with Crippen molar-refractivity contribution in [1.82, 2.24) is 10.2 Å². The first-order valence-electron chi connectivity index (χ1n) is 8.64. The molecule has 1 aliphatic rings. The molecule has 2 amide bonds. The van der Waals surface area contributed by atoms with E-state index in [1.165, 1.54) is 0 Å². The lowest BCUT2D eigenvalue weighted by Gasteiger charge is -2.39. The van der Waals surface area contributed by atoms with E-state index in [-0.39, 0.29) is 12.0 Å². The van der Waals surface area contributed by atoms with Gasteiger partial charge in [0.05, 0.1) is 5.60 Å². The number of aliphatic hydroxyl groups is 1. The molecular weight excluding hydrogens is 320 g/mol. The maximum absolute atomic E-state index is 12.1. The Morgan fingerprint density at radius 1 is 1.24 bits per heavy atom. The van der Waals surface area contributed by atoms with Gasteiger partial charge < -0.3 is 20.1 Å². The highest BCUT2D eigenvalue weighted by Gasteiger charge is 2.36. The Morgan fingerprint density at radius 2 is 1.84 bits per heavy atom. The lowest BCUT2D eigenvalue weighted by molar-refractivity contribution is -0.0315. The average Bonchev–Trinajstić information content (AvgIpc) is 2.53. The van der Waals surface area contributed by atoms with E-state index in [1.807, 2.05) is 39.0 Å². The number of nitrogens with one attached hydrogen (secondary N) is 1. The Bertz CT molecular complexity index is 629. The number of carbonyl (C=O) groups excluding carboxylic acids is 2. The monoisotopic (exact) mass is 348 g/mol. The van der Waals surface area contributed by atoms with E-state index in [2.05, 4.69) is 5.32 Å². The summed E-state index contributed by atoms with van der Waals surface area (Å²) in [6.45, 7) is 6.38. The van der Waals surface area contributed by atoms with Crippen LogP contribution in [0.25, 0.3) is 0 Å². The highest BCUT2D eigenvalue weighted by molar-refractivity contribution is 5.95. The topological polar surface area (TPSA) is 78.9 Å². The summed E-state index contributed by atoms with van der Waals surface area (Å²) in [6, 6.07) is 7.29. The minimum atomic E-state index is -0.928. The van der Waals surface area contributed by atoms with E-state index in [0.717, 1.165) is 5.56 Å². The minimum Gasteiger partial charge on any atom is -0.444 e. The molecule has 1 heterocycles. The van der Waals surface area contributed by atoms with Gasteiger partial charge in [-0.2, -0.15) is 0 Å². The van der Waals surface area contributed by atoms with Crippen LogP contribution in [0.5, 0.6) is 0 Å². The van der Waals surface area contributed by atoms with Crippen molar-refractivity contribution in [3.63, 3.8) is 0 Å². The lowest BCUT2D eigenvalue weighted by Crippen LogP contribution is -2.49. The summed E-state index contributed by atoms with van der Waals surface area (Å²) in [5.74, 6) is -0.162. The van der Waals surface area contributed by atoms with Gasteiger partial charge in [0.2, 0.25) is 0 Å². The van der Waals surface area contributed by atoms with Gasteiger partial charge in [0.25, 0.3) is 5.91 Å². The molecule has 1 aromatic carbocycles. The molecule has 2 rings (SSSR count). The molecule has 0 spiro atoms. The Labute approximate surface area is 149 Å². The molecule has 0 aromatic heterocycles. The zero-order chi connectivity index (χ0) is 18.7. The Balaban J connectivity index is 2.02. The third kappa shape index (κ3) is 5.19. The van der Waals surface area contributed by atoms with Crippen LogP contribution in [0.15, 0.2) is 24.3 Å². The maximum Gasteiger partial charge on any atom is 0.410 e. The number of amides is 2. The summed E-state index contributed by atoms with van der Waals surface area (Å²) in [6.07, 6.45) is 0.946. The van der Waals surface area contributed by atoms with E-state index in [9.17, 15) is 14.7 Å². The van der Waals surface area contributed by atoms with Crippen LogP contribution in [0, 0.1) is 0 Å². The largest absolute Gasteiger partial charge is 0.444 e. The number of benzene rings is 1. The predicted molar refractivity (Wildman–Crippen MR) is 95.5 cm³/mol. The SMILES string of the molecule is CNC(=O)c1ccccc1CC1(O)CCN(C(=O)OC(C)(C)C)CC1. The molecule has 0 unspecified atom stereocenters. The van der Waals surface area contributed by atoms with Crippen molar-refractivity contribution in [2.75, 3.05) is 20.1 Å². The molecule has 1 aromatic rings. The molecule has 2 N–H and O–H groups in total. The number of hydrogen-bond donors (Lipinski definition) is 2. The summed E-state index contributed by atoms with van der Waals surface area (Å²) < 4.78 is 5.38. The van der Waals surface area contributed by atoms with E-state index < -0.39 is 11.2 Å². The highest BCUT2D eigenvalue weighted by Crippen LogP contribution is 2.28. The van der Waals surface area contributed by atoms with Gasteiger partial charge in [-0.3, -0.25) is 4.79 Å². The molecule has 0 atom stereocenters. The van der Waals surface area contributed by atoms with Gasteiger partial charge in [0, 0.05) is 32.1 Å². The standard InChI is InChI=1S/C19H28N2O4/c1-18(2,3)25-17(23)21-11-9-19(24,10-12-21)13-14-7-5-6-8-15(14)16(22)20-4/h5-8,24H,9-13H2,1-4H3,(H,20,22). The number of piperidine rings is 1. The molecule has 1 aliphatic heterocycles. The smallest absolute Gasteiger partial charge is 0.410 e. The van der Waals surface area contributed by atoms with Crippen molar-refractivity contribution in [2.24, 2.45) is 0 Å². The fourth-order valence-corrected chi connectivity index (χ4v) is 2.99. The number of rotatable bonds is 3. The first-order valence-corrected chi connectivity index (χ1v) is 8.64. The molecular formula is C19H28N2O4. The van der Waals surface area contributed by atoms with Gasteiger partial charge >= 0.3 is 6.09 Å². The van der Waals surface area contributed by atoms with Gasteiger partial charge in [0.1, 0.15) is 5.60 Å². The summed E-state index contributed by atoms with van der Waals surface area (Å²) in [4.78, 5) is 25.8. The highest BCUT2D eigenvalue weighted by atomic mass is 16.6. The van der Waals surface area contributed by atoms with Crippen molar-refractivity contribution in [2.45, 2.75) is 51.2 Å². The van der Waals surface area contributed by atoms with E-state index in [0.29, 0.717) is 37.9 Å². The molecule has 1 fully saturated rings. The normalized spacial score (nSPS) is 17.1. The number of ether oxygens (including phenoxy) is 1. The quantitative estimate of drug-likeness (QED) is 0.879. The Hall–Kier alpha value is -2.08. The predicted octanol–water partition coefficient (Wildman–Crippen LogP) is 2.35. The van der Waals surface area contributed by atoms with E-state index >= 15 is 0 Å². The molecule has 138 valence electrons. The second kappa shape index (κ2) is 7.44.